The predicted molar refractivity (Wildman–Crippen MR) is 57.9 cm³/mol. The average Bonchev–Trinajstić information content (AvgIpc) is 2.08. The molecule has 0 spiro atoms. The molecule has 0 aliphatic rings. The molecule has 0 radical (unpaired) electrons. The van der Waals surface area contributed by atoms with Crippen LogP contribution >= 0.6 is 27.7 Å². The molecule has 1 heterocycles. The molecule has 0 bridgehead atoms. The van der Waals surface area contributed by atoms with Crippen LogP contribution in [0.3, 0.4) is 0 Å². The van der Waals surface area contributed by atoms with Gasteiger partial charge in [-0.1, -0.05) is 11.8 Å². The van der Waals surface area contributed by atoms with Crippen molar-refractivity contribution in [3.63, 3.8) is 0 Å². The summed E-state index contributed by atoms with van der Waals surface area (Å²) in [5.74, 6) is 0.176. The number of pyridine rings is 1. The summed E-state index contributed by atoms with van der Waals surface area (Å²) in [7, 11) is 0. The van der Waals surface area contributed by atoms with Gasteiger partial charge in [0.05, 0.1) is 10.3 Å². The Kier molecular flexibility index (Phi) is 3.93. The molecule has 2 nitrogen and oxygen atoms in total. The van der Waals surface area contributed by atoms with Gasteiger partial charge in [0.15, 0.2) is 0 Å². The van der Waals surface area contributed by atoms with Crippen LogP contribution < -0.4 is 0 Å². The van der Waals surface area contributed by atoms with E-state index < -0.39 is 0 Å². The van der Waals surface area contributed by atoms with Gasteiger partial charge in [-0.05, 0) is 41.9 Å². The number of halogens is 1. The van der Waals surface area contributed by atoms with E-state index >= 15 is 0 Å². The fourth-order valence-electron chi connectivity index (χ4n) is 0.696. The number of rotatable bonds is 3. The lowest BCUT2D eigenvalue weighted by Crippen LogP contribution is -2.07. The van der Waals surface area contributed by atoms with Crippen molar-refractivity contribution in [1.29, 1.82) is 0 Å². The molecule has 0 aromatic carbocycles. The smallest absolute Gasteiger partial charge is 0.142 e. The number of carbonyl (C=O) groups is 1. The predicted octanol–water partition coefficient (Wildman–Crippen LogP) is 2.91. The van der Waals surface area contributed by atoms with E-state index in [4.69, 9.17) is 0 Å². The van der Waals surface area contributed by atoms with Crippen LogP contribution in [0, 0.1) is 0 Å². The topological polar surface area (TPSA) is 30.0 Å². The van der Waals surface area contributed by atoms with Crippen molar-refractivity contribution in [3.8, 4) is 0 Å². The second-order valence-electron chi connectivity index (χ2n) is 2.69. The van der Waals surface area contributed by atoms with Gasteiger partial charge in [-0.3, -0.25) is 4.79 Å². The van der Waals surface area contributed by atoms with E-state index in [2.05, 4.69) is 20.9 Å². The van der Waals surface area contributed by atoms with E-state index in [9.17, 15) is 4.79 Å². The Labute approximate surface area is 90.3 Å². The monoisotopic (exact) mass is 259 g/mol. The molecule has 0 saturated carbocycles. The fourth-order valence-corrected chi connectivity index (χ4v) is 1.72. The van der Waals surface area contributed by atoms with Crippen molar-refractivity contribution in [2.45, 2.75) is 24.1 Å². The molecule has 1 atom stereocenters. The molecule has 1 rings (SSSR count). The van der Waals surface area contributed by atoms with Crippen molar-refractivity contribution in [2.24, 2.45) is 0 Å². The Morgan fingerprint density at radius 2 is 2.31 bits per heavy atom. The molecule has 1 aromatic rings. The standard InChI is InChI=1S/C9H10BrNOS/c1-6(12)7(2)13-9-4-3-8(10)5-11-9/h3-5,7H,1-2H3. The molecular weight excluding hydrogens is 250 g/mol. The summed E-state index contributed by atoms with van der Waals surface area (Å²) in [6.07, 6.45) is 1.73. The van der Waals surface area contributed by atoms with E-state index in [0.29, 0.717) is 0 Å². The molecule has 4 heteroatoms. The third-order valence-electron chi connectivity index (χ3n) is 1.57. The Morgan fingerprint density at radius 1 is 1.62 bits per heavy atom. The largest absolute Gasteiger partial charge is 0.299 e. The van der Waals surface area contributed by atoms with E-state index in [-0.39, 0.29) is 11.0 Å². The molecule has 0 aliphatic heterocycles. The van der Waals surface area contributed by atoms with Crippen LogP contribution in [0.4, 0.5) is 0 Å². The van der Waals surface area contributed by atoms with Crippen LogP contribution in [0.1, 0.15) is 13.8 Å². The summed E-state index contributed by atoms with van der Waals surface area (Å²) in [6, 6.07) is 3.82. The third-order valence-corrected chi connectivity index (χ3v) is 3.21. The normalized spacial score (nSPS) is 12.5. The molecule has 1 unspecified atom stereocenters. The van der Waals surface area contributed by atoms with Gasteiger partial charge in [-0.25, -0.2) is 4.98 Å². The summed E-state index contributed by atoms with van der Waals surface area (Å²) >= 11 is 4.78. The van der Waals surface area contributed by atoms with Crippen LogP contribution in [0.15, 0.2) is 27.8 Å². The van der Waals surface area contributed by atoms with E-state index in [1.807, 2.05) is 19.1 Å². The van der Waals surface area contributed by atoms with Gasteiger partial charge in [0.1, 0.15) is 5.78 Å². The first-order valence-corrected chi connectivity index (χ1v) is 5.55. The number of hydrogen-bond donors (Lipinski definition) is 0. The van der Waals surface area contributed by atoms with E-state index in [1.54, 1.807) is 13.1 Å². The van der Waals surface area contributed by atoms with Crippen molar-refractivity contribution in [3.05, 3.63) is 22.8 Å². The van der Waals surface area contributed by atoms with Gasteiger partial charge in [0, 0.05) is 10.7 Å². The summed E-state index contributed by atoms with van der Waals surface area (Å²) in [4.78, 5) is 15.1. The summed E-state index contributed by atoms with van der Waals surface area (Å²) in [6.45, 7) is 3.48. The maximum Gasteiger partial charge on any atom is 0.142 e. The fraction of sp³-hybridized carbons (Fsp3) is 0.333. The molecule has 0 saturated heterocycles. The Bertz CT molecular complexity index is 299. The SMILES string of the molecule is CC(=O)C(C)Sc1ccc(Br)cn1. The van der Waals surface area contributed by atoms with Crippen molar-refractivity contribution in [2.75, 3.05) is 0 Å². The summed E-state index contributed by atoms with van der Waals surface area (Å²) in [5, 5.41) is 0.861. The highest BCUT2D eigenvalue weighted by atomic mass is 79.9. The zero-order valence-corrected chi connectivity index (χ0v) is 9.85. The number of hydrogen-bond acceptors (Lipinski definition) is 3. The molecule has 70 valence electrons. The maximum atomic E-state index is 11.0. The van der Waals surface area contributed by atoms with Crippen LogP contribution in [0.25, 0.3) is 0 Å². The third kappa shape index (κ3) is 3.48. The van der Waals surface area contributed by atoms with Gasteiger partial charge in [-0.2, -0.15) is 0 Å². The number of ketones is 1. The van der Waals surface area contributed by atoms with Crippen molar-refractivity contribution >= 4 is 33.5 Å². The number of thioether (sulfide) groups is 1. The van der Waals surface area contributed by atoms with Crippen LogP contribution in [-0.4, -0.2) is 16.0 Å². The van der Waals surface area contributed by atoms with Gasteiger partial charge in [0.2, 0.25) is 0 Å². The Hall–Kier alpha value is -0.350. The second-order valence-corrected chi connectivity index (χ2v) is 4.96. The molecule has 0 N–H and O–H groups in total. The molecule has 0 fully saturated rings. The van der Waals surface area contributed by atoms with Crippen LogP contribution in [0.2, 0.25) is 0 Å². The number of nitrogens with zero attached hydrogens (tertiary/aromatic N) is 1. The first kappa shape index (κ1) is 10.7. The lowest BCUT2D eigenvalue weighted by atomic mass is 10.3. The van der Waals surface area contributed by atoms with E-state index in [0.717, 1.165) is 9.50 Å². The highest BCUT2D eigenvalue weighted by Crippen LogP contribution is 2.22. The minimum Gasteiger partial charge on any atom is -0.299 e. The number of Topliss-reactive ketones (excluding diaryl/α,β-unsaturated/α-hetero) is 1. The average molecular weight is 260 g/mol. The minimum absolute atomic E-state index is 0.0197. The van der Waals surface area contributed by atoms with Gasteiger partial charge in [0.25, 0.3) is 0 Å². The Morgan fingerprint density at radius 3 is 2.77 bits per heavy atom. The lowest BCUT2D eigenvalue weighted by Gasteiger charge is -2.05. The Balaban J connectivity index is 2.64. The van der Waals surface area contributed by atoms with Crippen LogP contribution in [-0.2, 0) is 4.79 Å². The zero-order valence-electron chi connectivity index (χ0n) is 7.45. The minimum atomic E-state index is -0.0197. The van der Waals surface area contributed by atoms with Crippen LogP contribution in [0.5, 0.6) is 0 Å². The van der Waals surface area contributed by atoms with E-state index in [1.165, 1.54) is 11.8 Å². The molecule has 0 amide bonds. The lowest BCUT2D eigenvalue weighted by molar-refractivity contribution is -0.116. The van der Waals surface area contributed by atoms with Gasteiger partial charge < -0.3 is 0 Å². The first-order valence-electron chi connectivity index (χ1n) is 3.88. The quantitative estimate of drug-likeness (QED) is 0.783. The maximum absolute atomic E-state index is 11.0. The first-order chi connectivity index (χ1) is 6.09. The molecular formula is C9H10BrNOS. The van der Waals surface area contributed by atoms with Gasteiger partial charge in [-0.15, -0.1) is 0 Å². The summed E-state index contributed by atoms with van der Waals surface area (Å²) in [5.41, 5.74) is 0. The number of aromatic nitrogens is 1. The van der Waals surface area contributed by atoms with Crippen molar-refractivity contribution < 1.29 is 4.79 Å². The highest BCUT2D eigenvalue weighted by Gasteiger charge is 2.09. The van der Waals surface area contributed by atoms with Crippen molar-refractivity contribution in [1.82, 2.24) is 4.98 Å². The molecule has 13 heavy (non-hydrogen) atoms. The zero-order chi connectivity index (χ0) is 9.84. The summed E-state index contributed by atoms with van der Waals surface area (Å²) < 4.78 is 0.951. The number of carbonyl (C=O) groups excluding carboxylic acids is 1. The highest BCUT2D eigenvalue weighted by molar-refractivity contribution is 9.10. The molecule has 0 aliphatic carbocycles. The van der Waals surface area contributed by atoms with Gasteiger partial charge >= 0.3 is 0 Å². The molecule has 1 aromatic heterocycles. The second kappa shape index (κ2) is 4.77.